The lowest BCUT2D eigenvalue weighted by molar-refractivity contribution is 0.106. The molecule has 0 saturated heterocycles. The molecule has 0 atom stereocenters. The molecule has 25 heavy (non-hydrogen) atoms. The first-order chi connectivity index (χ1) is 12.2. The number of ether oxygens (including phenoxy) is 1. The second kappa shape index (κ2) is 6.12. The summed E-state index contributed by atoms with van der Waals surface area (Å²) in [5.41, 5.74) is 4.18. The normalized spacial score (nSPS) is 13.1. The summed E-state index contributed by atoms with van der Waals surface area (Å²) in [6.45, 7) is 5.25. The van der Waals surface area contributed by atoms with Crippen molar-refractivity contribution in [2.45, 2.75) is 26.9 Å². The highest BCUT2D eigenvalue weighted by molar-refractivity contribution is 5.69. The van der Waals surface area contributed by atoms with Gasteiger partial charge in [0, 0.05) is 18.0 Å². The lowest BCUT2D eigenvalue weighted by Gasteiger charge is -2.17. The molecule has 4 rings (SSSR count). The van der Waals surface area contributed by atoms with Gasteiger partial charge in [0.25, 0.3) is 0 Å². The number of hydrogen-bond acceptors (Lipinski definition) is 3. The Kier molecular flexibility index (Phi) is 3.80. The van der Waals surface area contributed by atoms with Crippen LogP contribution in [0, 0.1) is 6.92 Å². The largest absolute Gasteiger partial charge is 0.450 e. The molecule has 3 heterocycles. The second-order valence-electron chi connectivity index (χ2n) is 6.09. The van der Waals surface area contributed by atoms with Crippen molar-refractivity contribution in [3.05, 3.63) is 65.6 Å². The maximum absolute atomic E-state index is 12.1. The summed E-state index contributed by atoms with van der Waals surface area (Å²) in [6, 6.07) is 12.1. The predicted octanol–water partition coefficient (Wildman–Crippen LogP) is 3.44. The molecule has 6 heteroatoms. The standard InChI is InChI=1S/C19H20N4O2/c1-3-25-19(24)22-12-15-16(13-22)20-23(17-9-5-4-8-14(17)2)18(15)21-10-6-7-11-21/h4-11H,3,12-13H2,1-2H3. The van der Waals surface area contributed by atoms with Crippen LogP contribution < -0.4 is 0 Å². The molecule has 128 valence electrons. The first-order valence-corrected chi connectivity index (χ1v) is 8.41. The molecule has 1 aliphatic rings. The Labute approximate surface area is 146 Å². The second-order valence-corrected chi connectivity index (χ2v) is 6.09. The average Bonchev–Trinajstić information content (AvgIpc) is 3.30. The smallest absolute Gasteiger partial charge is 0.410 e. The van der Waals surface area contributed by atoms with Gasteiger partial charge in [-0.25, -0.2) is 9.48 Å². The number of amides is 1. The molecule has 1 aromatic carbocycles. The van der Waals surface area contributed by atoms with Gasteiger partial charge in [0.15, 0.2) is 0 Å². The van der Waals surface area contributed by atoms with Gasteiger partial charge in [-0.15, -0.1) is 0 Å². The van der Waals surface area contributed by atoms with Crippen LogP contribution in [0.15, 0.2) is 48.8 Å². The molecule has 0 N–H and O–H groups in total. The van der Waals surface area contributed by atoms with Crippen LogP contribution in [0.4, 0.5) is 4.79 Å². The summed E-state index contributed by atoms with van der Waals surface area (Å²) in [5, 5.41) is 4.82. The molecular weight excluding hydrogens is 316 g/mol. The minimum absolute atomic E-state index is 0.290. The molecule has 6 nitrogen and oxygen atoms in total. The molecule has 1 aliphatic heterocycles. The zero-order valence-corrected chi connectivity index (χ0v) is 14.3. The summed E-state index contributed by atoms with van der Waals surface area (Å²) in [5.74, 6) is 0.973. The third-order valence-electron chi connectivity index (χ3n) is 4.45. The van der Waals surface area contributed by atoms with Crippen LogP contribution >= 0.6 is 0 Å². The van der Waals surface area contributed by atoms with Crippen LogP contribution in [0.3, 0.4) is 0 Å². The Hall–Kier alpha value is -3.02. The van der Waals surface area contributed by atoms with Crippen LogP contribution in [-0.4, -0.2) is 31.9 Å². The van der Waals surface area contributed by atoms with Crippen LogP contribution in [0.5, 0.6) is 0 Å². The molecule has 0 bridgehead atoms. The number of hydrogen-bond donors (Lipinski definition) is 0. The monoisotopic (exact) mass is 336 g/mol. The fourth-order valence-corrected chi connectivity index (χ4v) is 3.26. The van der Waals surface area contributed by atoms with E-state index in [0.29, 0.717) is 19.7 Å². The van der Waals surface area contributed by atoms with E-state index >= 15 is 0 Å². The van der Waals surface area contributed by atoms with Gasteiger partial charge >= 0.3 is 6.09 Å². The quantitative estimate of drug-likeness (QED) is 0.736. The van der Waals surface area contributed by atoms with E-state index in [2.05, 4.69) is 19.1 Å². The number of aromatic nitrogens is 3. The Morgan fingerprint density at radius 1 is 1.16 bits per heavy atom. The first kappa shape index (κ1) is 15.5. The van der Waals surface area contributed by atoms with E-state index < -0.39 is 0 Å². The van der Waals surface area contributed by atoms with Crippen LogP contribution in [0.2, 0.25) is 0 Å². The number of carbonyl (C=O) groups is 1. The summed E-state index contributed by atoms with van der Waals surface area (Å²) in [4.78, 5) is 13.8. The predicted molar refractivity (Wildman–Crippen MR) is 93.9 cm³/mol. The van der Waals surface area contributed by atoms with Gasteiger partial charge in [0.2, 0.25) is 0 Å². The van der Waals surface area contributed by atoms with E-state index in [4.69, 9.17) is 9.84 Å². The van der Waals surface area contributed by atoms with E-state index in [-0.39, 0.29) is 6.09 Å². The third kappa shape index (κ3) is 2.59. The van der Waals surface area contributed by atoms with Crippen molar-refractivity contribution in [3.8, 4) is 11.5 Å². The maximum atomic E-state index is 12.1. The number of carbonyl (C=O) groups excluding carboxylic acids is 1. The van der Waals surface area contributed by atoms with Gasteiger partial charge in [-0.05, 0) is 37.6 Å². The highest BCUT2D eigenvalue weighted by Gasteiger charge is 2.32. The lowest BCUT2D eigenvalue weighted by atomic mass is 10.2. The lowest BCUT2D eigenvalue weighted by Crippen LogP contribution is -2.27. The molecule has 0 unspecified atom stereocenters. The summed E-state index contributed by atoms with van der Waals surface area (Å²) in [6.07, 6.45) is 3.71. The number of para-hydroxylation sites is 1. The van der Waals surface area contributed by atoms with Gasteiger partial charge in [0.05, 0.1) is 31.1 Å². The van der Waals surface area contributed by atoms with Crippen molar-refractivity contribution in [1.82, 2.24) is 19.2 Å². The minimum atomic E-state index is -0.290. The van der Waals surface area contributed by atoms with Gasteiger partial charge < -0.3 is 9.30 Å². The first-order valence-electron chi connectivity index (χ1n) is 8.41. The van der Waals surface area contributed by atoms with Gasteiger partial charge in [-0.2, -0.15) is 5.10 Å². The van der Waals surface area contributed by atoms with Crippen molar-refractivity contribution in [3.63, 3.8) is 0 Å². The van der Waals surface area contributed by atoms with E-state index in [1.807, 2.05) is 52.8 Å². The molecule has 0 fully saturated rings. The molecule has 0 radical (unpaired) electrons. The fourth-order valence-electron chi connectivity index (χ4n) is 3.26. The highest BCUT2D eigenvalue weighted by atomic mass is 16.6. The number of fused-ring (bicyclic) bond motifs is 1. The van der Waals surface area contributed by atoms with Crippen LogP contribution in [0.1, 0.15) is 23.7 Å². The van der Waals surface area contributed by atoms with Crippen LogP contribution in [0.25, 0.3) is 11.5 Å². The van der Waals surface area contributed by atoms with Crippen molar-refractivity contribution >= 4 is 6.09 Å². The van der Waals surface area contributed by atoms with E-state index in [1.54, 1.807) is 4.90 Å². The molecule has 3 aromatic rings. The summed E-state index contributed by atoms with van der Waals surface area (Å²) < 4.78 is 9.16. The molecule has 1 amide bonds. The van der Waals surface area contributed by atoms with Crippen LogP contribution in [-0.2, 0) is 17.8 Å². The maximum Gasteiger partial charge on any atom is 0.410 e. The molecule has 0 aliphatic carbocycles. The molecule has 2 aromatic heterocycles. The zero-order chi connectivity index (χ0) is 17.4. The number of aryl methyl sites for hydroxylation is 1. The zero-order valence-electron chi connectivity index (χ0n) is 14.3. The molecule has 0 spiro atoms. The van der Waals surface area contributed by atoms with Crippen molar-refractivity contribution in [1.29, 1.82) is 0 Å². The number of rotatable bonds is 3. The third-order valence-corrected chi connectivity index (χ3v) is 4.45. The van der Waals surface area contributed by atoms with Gasteiger partial charge in [-0.1, -0.05) is 18.2 Å². The van der Waals surface area contributed by atoms with Crippen molar-refractivity contribution in [2.24, 2.45) is 0 Å². The number of nitrogens with zero attached hydrogens (tertiary/aromatic N) is 4. The highest BCUT2D eigenvalue weighted by Crippen LogP contribution is 2.31. The summed E-state index contributed by atoms with van der Waals surface area (Å²) in [7, 11) is 0. The van der Waals surface area contributed by atoms with E-state index in [1.165, 1.54) is 0 Å². The number of benzene rings is 1. The fraction of sp³-hybridized carbons (Fsp3) is 0.263. The summed E-state index contributed by atoms with van der Waals surface area (Å²) >= 11 is 0. The van der Waals surface area contributed by atoms with Crippen molar-refractivity contribution < 1.29 is 9.53 Å². The van der Waals surface area contributed by atoms with E-state index in [0.717, 1.165) is 28.3 Å². The Balaban J connectivity index is 1.81. The Morgan fingerprint density at radius 3 is 2.64 bits per heavy atom. The average molecular weight is 336 g/mol. The molecule has 0 saturated carbocycles. The molecular formula is C19H20N4O2. The van der Waals surface area contributed by atoms with E-state index in [9.17, 15) is 4.79 Å². The minimum Gasteiger partial charge on any atom is -0.450 e. The van der Waals surface area contributed by atoms with Gasteiger partial charge in [-0.3, -0.25) is 4.90 Å². The van der Waals surface area contributed by atoms with Gasteiger partial charge in [0.1, 0.15) is 5.82 Å². The SMILES string of the molecule is CCOC(=O)N1Cc2nn(-c3ccccc3C)c(-n3cccc3)c2C1. The Bertz CT molecular complexity index is 912. The Morgan fingerprint density at radius 2 is 1.92 bits per heavy atom. The van der Waals surface area contributed by atoms with Crippen molar-refractivity contribution in [2.75, 3.05) is 6.61 Å². The topological polar surface area (TPSA) is 52.3 Å².